The van der Waals surface area contributed by atoms with Crippen LogP contribution >= 0.6 is 0 Å². The van der Waals surface area contributed by atoms with E-state index < -0.39 is 0 Å². The number of hydrogen-bond acceptors (Lipinski definition) is 6. The molecule has 0 N–H and O–H groups in total. The zero-order valence-corrected chi connectivity index (χ0v) is 22.0. The Kier molecular flexibility index (Phi) is 7.73. The number of methoxy groups -OCH3 is 3. The van der Waals surface area contributed by atoms with Crippen molar-refractivity contribution in [2.24, 2.45) is 17.8 Å². The van der Waals surface area contributed by atoms with Crippen LogP contribution in [0.4, 0.5) is 0 Å². The van der Waals surface area contributed by atoms with E-state index >= 15 is 0 Å². The van der Waals surface area contributed by atoms with Crippen molar-refractivity contribution in [3.63, 3.8) is 0 Å². The summed E-state index contributed by atoms with van der Waals surface area (Å²) < 4.78 is 27.5. The van der Waals surface area contributed by atoms with Crippen molar-refractivity contribution < 1.29 is 28.5 Å². The average molecular weight is 505 g/mol. The zero-order valence-electron chi connectivity index (χ0n) is 22.0. The molecule has 0 atom stereocenters. The minimum Gasteiger partial charge on any atom is -0.495 e. The SMILES string of the molecule is COCCOCOc1cc(OC)c(C#Cc2ccc(C(=O)OC)cc2)cc1C12CC3CC(CC(C3)C1)C2. The van der Waals surface area contributed by atoms with Crippen molar-refractivity contribution in [1.82, 2.24) is 0 Å². The molecule has 4 fully saturated rings. The second-order valence-corrected chi connectivity index (χ2v) is 10.7. The first-order chi connectivity index (χ1) is 18.0. The first kappa shape index (κ1) is 25.6. The summed E-state index contributed by atoms with van der Waals surface area (Å²) in [6.45, 7) is 1.19. The molecule has 6 heteroatoms. The quantitative estimate of drug-likeness (QED) is 0.199. The normalized spacial score (nSPS) is 25.3. The molecule has 196 valence electrons. The number of ether oxygens (including phenoxy) is 5. The first-order valence-corrected chi connectivity index (χ1v) is 13.2. The largest absolute Gasteiger partial charge is 0.495 e. The molecule has 4 bridgehead atoms. The van der Waals surface area contributed by atoms with E-state index in [0.29, 0.717) is 24.5 Å². The van der Waals surface area contributed by atoms with Gasteiger partial charge in [0.05, 0.1) is 38.6 Å². The number of carbonyl (C=O) groups excluding carboxylic acids is 1. The van der Waals surface area contributed by atoms with Crippen LogP contribution in [-0.4, -0.2) is 47.3 Å². The van der Waals surface area contributed by atoms with Crippen molar-refractivity contribution in [2.45, 2.75) is 43.9 Å². The van der Waals surface area contributed by atoms with Crippen LogP contribution in [0, 0.1) is 29.6 Å². The summed E-state index contributed by atoms with van der Waals surface area (Å²) in [5.74, 6) is 10.2. The van der Waals surface area contributed by atoms with Gasteiger partial charge in [0.2, 0.25) is 0 Å². The lowest BCUT2D eigenvalue weighted by molar-refractivity contribution is -0.0190. The summed E-state index contributed by atoms with van der Waals surface area (Å²) in [4.78, 5) is 11.7. The van der Waals surface area contributed by atoms with Crippen LogP contribution in [0.15, 0.2) is 36.4 Å². The number of benzene rings is 2. The molecule has 0 unspecified atom stereocenters. The summed E-state index contributed by atoms with van der Waals surface area (Å²) in [6, 6.07) is 11.3. The summed E-state index contributed by atoms with van der Waals surface area (Å²) in [5.41, 5.74) is 3.54. The van der Waals surface area contributed by atoms with Gasteiger partial charge < -0.3 is 23.7 Å². The summed E-state index contributed by atoms with van der Waals surface area (Å²) in [7, 11) is 4.70. The predicted molar refractivity (Wildman–Crippen MR) is 140 cm³/mol. The van der Waals surface area contributed by atoms with E-state index in [1.165, 1.54) is 51.2 Å². The standard InChI is InChI=1S/C31H36O6/c1-33-10-11-36-20-37-29-16-28(34-2)26(9-6-21-4-7-25(8-5-21)30(32)35-3)15-27(29)31-17-22-12-23(18-31)14-24(13-22)19-31/h4-5,7-8,15-16,22-24H,10-14,17-20H2,1-3H3. The van der Waals surface area contributed by atoms with Crippen LogP contribution in [0.2, 0.25) is 0 Å². The van der Waals surface area contributed by atoms with Gasteiger partial charge in [-0.25, -0.2) is 4.79 Å². The van der Waals surface area contributed by atoms with Crippen LogP contribution in [0.3, 0.4) is 0 Å². The number of carbonyl (C=O) groups is 1. The van der Waals surface area contributed by atoms with Crippen molar-refractivity contribution in [3.8, 4) is 23.3 Å². The van der Waals surface area contributed by atoms with Crippen LogP contribution in [0.5, 0.6) is 11.5 Å². The molecule has 2 aromatic rings. The van der Waals surface area contributed by atoms with Gasteiger partial charge in [0.15, 0.2) is 6.79 Å². The van der Waals surface area contributed by atoms with Crippen LogP contribution in [-0.2, 0) is 19.6 Å². The van der Waals surface area contributed by atoms with E-state index in [0.717, 1.165) is 34.6 Å². The topological polar surface area (TPSA) is 63.2 Å². The molecule has 37 heavy (non-hydrogen) atoms. The highest BCUT2D eigenvalue weighted by Gasteiger charge is 2.52. The number of esters is 1. The molecule has 0 saturated heterocycles. The molecule has 0 heterocycles. The van der Waals surface area contributed by atoms with E-state index in [9.17, 15) is 4.79 Å². The van der Waals surface area contributed by atoms with Crippen molar-refractivity contribution in [3.05, 3.63) is 58.7 Å². The van der Waals surface area contributed by atoms with Crippen molar-refractivity contribution in [1.29, 1.82) is 0 Å². The van der Waals surface area contributed by atoms with Gasteiger partial charge >= 0.3 is 5.97 Å². The summed E-state index contributed by atoms with van der Waals surface area (Å²) in [5, 5.41) is 0. The Labute approximate surface area is 219 Å². The maximum Gasteiger partial charge on any atom is 0.337 e. The van der Waals surface area contributed by atoms with Gasteiger partial charge in [0.25, 0.3) is 0 Å². The van der Waals surface area contributed by atoms with Gasteiger partial charge in [0, 0.05) is 24.3 Å². The smallest absolute Gasteiger partial charge is 0.337 e. The molecule has 2 aromatic carbocycles. The Morgan fingerprint density at radius 1 is 0.892 bits per heavy atom. The fourth-order valence-electron chi connectivity index (χ4n) is 7.06. The van der Waals surface area contributed by atoms with Crippen molar-refractivity contribution in [2.75, 3.05) is 41.3 Å². The van der Waals surface area contributed by atoms with Crippen LogP contribution < -0.4 is 9.47 Å². The van der Waals surface area contributed by atoms with Crippen molar-refractivity contribution >= 4 is 5.97 Å². The predicted octanol–water partition coefficient (Wildman–Crippen LogP) is 5.35. The lowest BCUT2D eigenvalue weighted by Crippen LogP contribution is -2.48. The molecule has 4 aliphatic rings. The molecule has 4 aliphatic carbocycles. The Bertz CT molecular complexity index is 1140. The minimum absolute atomic E-state index is 0.126. The lowest BCUT2D eigenvalue weighted by atomic mass is 9.48. The Morgan fingerprint density at radius 2 is 1.57 bits per heavy atom. The van der Waals surface area contributed by atoms with E-state index in [1.807, 2.05) is 18.2 Å². The Morgan fingerprint density at radius 3 is 2.16 bits per heavy atom. The van der Waals surface area contributed by atoms with Crippen LogP contribution in [0.1, 0.15) is 65.6 Å². The third-order valence-electron chi connectivity index (χ3n) is 8.29. The molecular formula is C31H36O6. The molecule has 0 aliphatic heterocycles. The van der Waals surface area contributed by atoms with Gasteiger partial charge in [-0.2, -0.15) is 0 Å². The first-order valence-electron chi connectivity index (χ1n) is 13.2. The molecule has 0 radical (unpaired) electrons. The molecule has 0 aromatic heterocycles. The maximum atomic E-state index is 11.7. The molecular weight excluding hydrogens is 468 g/mol. The van der Waals surface area contributed by atoms with E-state index in [-0.39, 0.29) is 18.2 Å². The van der Waals surface area contributed by atoms with Gasteiger partial charge in [0.1, 0.15) is 11.5 Å². The van der Waals surface area contributed by atoms with E-state index in [4.69, 9.17) is 23.7 Å². The number of rotatable bonds is 9. The summed E-state index contributed by atoms with van der Waals surface area (Å²) in [6.07, 6.45) is 7.77. The third-order valence-corrected chi connectivity index (χ3v) is 8.29. The number of hydrogen-bond donors (Lipinski definition) is 0. The highest BCUT2D eigenvalue weighted by Crippen LogP contribution is 2.62. The molecule has 6 rings (SSSR count). The zero-order chi connectivity index (χ0) is 25.8. The molecule has 0 amide bonds. The van der Waals surface area contributed by atoms with E-state index in [1.54, 1.807) is 26.4 Å². The highest BCUT2D eigenvalue weighted by molar-refractivity contribution is 5.89. The maximum absolute atomic E-state index is 11.7. The van der Waals surface area contributed by atoms with Gasteiger partial charge in [-0.15, -0.1) is 0 Å². The van der Waals surface area contributed by atoms with Gasteiger partial charge in [-0.1, -0.05) is 11.8 Å². The van der Waals surface area contributed by atoms with E-state index in [2.05, 4.69) is 17.9 Å². The lowest BCUT2D eigenvalue weighted by Gasteiger charge is -2.57. The second-order valence-electron chi connectivity index (χ2n) is 10.7. The fraction of sp³-hybridized carbons (Fsp3) is 0.516. The monoisotopic (exact) mass is 504 g/mol. The molecule has 0 spiro atoms. The Balaban J connectivity index is 1.48. The second kappa shape index (κ2) is 11.2. The molecule has 4 saturated carbocycles. The van der Waals surface area contributed by atoms with Crippen LogP contribution in [0.25, 0.3) is 0 Å². The fourth-order valence-corrected chi connectivity index (χ4v) is 7.06. The highest BCUT2D eigenvalue weighted by atomic mass is 16.7. The average Bonchev–Trinajstić information content (AvgIpc) is 2.90. The van der Waals surface area contributed by atoms with Gasteiger partial charge in [-0.05, 0) is 92.0 Å². The van der Waals surface area contributed by atoms with Gasteiger partial charge in [-0.3, -0.25) is 0 Å². The third kappa shape index (κ3) is 5.49. The Hall–Kier alpha value is -3.01. The molecule has 6 nitrogen and oxygen atoms in total. The summed E-state index contributed by atoms with van der Waals surface area (Å²) >= 11 is 0. The minimum atomic E-state index is -0.358.